The number of hydrogen-bond acceptors (Lipinski definition) is 7. The molecule has 7 nitrogen and oxygen atoms in total. The zero-order valence-corrected chi connectivity index (χ0v) is 17.3. The lowest BCUT2D eigenvalue weighted by molar-refractivity contribution is 0.122. The monoisotopic (exact) mass is 405 g/mol. The summed E-state index contributed by atoms with van der Waals surface area (Å²) in [5.41, 5.74) is 3.23. The van der Waals surface area contributed by atoms with Gasteiger partial charge < -0.3 is 14.4 Å². The average Bonchev–Trinajstić information content (AvgIpc) is 2.80. The molecule has 0 radical (unpaired) electrons. The predicted octanol–water partition coefficient (Wildman–Crippen LogP) is 3.67. The molecule has 30 heavy (non-hydrogen) atoms. The quantitative estimate of drug-likeness (QED) is 0.656. The van der Waals surface area contributed by atoms with Crippen LogP contribution in [0.5, 0.6) is 5.75 Å². The summed E-state index contributed by atoms with van der Waals surface area (Å²) in [6.45, 7) is 5.24. The standard InChI is InChI=1S/C23H27N5O2/c1-16-25-7-6-21(27-16)17-2-4-19(5-3-17)30-23-13-18(28-8-10-29-11-9-28)12-22-20(23)14-24-15-26-22/h6-7,12-15,17,19H,2-5,8-11H2,1H3/t17-,19-. The first kappa shape index (κ1) is 19.2. The minimum atomic E-state index is 0.201. The highest BCUT2D eigenvalue weighted by Gasteiger charge is 2.25. The number of morpholine rings is 1. The predicted molar refractivity (Wildman–Crippen MR) is 115 cm³/mol. The van der Waals surface area contributed by atoms with Crippen LogP contribution in [0.25, 0.3) is 10.9 Å². The Morgan fingerprint density at radius 3 is 2.70 bits per heavy atom. The Bertz CT molecular complexity index is 1010. The molecule has 0 amide bonds. The van der Waals surface area contributed by atoms with Gasteiger partial charge in [0.1, 0.15) is 17.9 Å². The molecule has 2 fully saturated rings. The van der Waals surface area contributed by atoms with E-state index in [9.17, 15) is 0 Å². The van der Waals surface area contributed by atoms with Crippen molar-refractivity contribution in [1.82, 2.24) is 19.9 Å². The van der Waals surface area contributed by atoms with Crippen molar-refractivity contribution < 1.29 is 9.47 Å². The smallest absolute Gasteiger partial charge is 0.132 e. The lowest BCUT2D eigenvalue weighted by Crippen LogP contribution is -2.36. The van der Waals surface area contributed by atoms with E-state index in [0.29, 0.717) is 5.92 Å². The van der Waals surface area contributed by atoms with Gasteiger partial charge in [0.15, 0.2) is 0 Å². The highest BCUT2D eigenvalue weighted by atomic mass is 16.5. The lowest BCUT2D eigenvalue weighted by Gasteiger charge is -2.31. The molecule has 1 aliphatic carbocycles. The highest BCUT2D eigenvalue weighted by molar-refractivity contribution is 5.88. The lowest BCUT2D eigenvalue weighted by atomic mass is 9.85. The Morgan fingerprint density at radius 1 is 1.07 bits per heavy atom. The second kappa shape index (κ2) is 8.52. The third kappa shape index (κ3) is 4.07. The summed E-state index contributed by atoms with van der Waals surface area (Å²) in [7, 11) is 0. The maximum atomic E-state index is 6.54. The van der Waals surface area contributed by atoms with Gasteiger partial charge in [0.25, 0.3) is 0 Å². The number of nitrogens with zero attached hydrogens (tertiary/aromatic N) is 5. The summed E-state index contributed by atoms with van der Waals surface area (Å²) in [6.07, 6.45) is 9.73. The van der Waals surface area contributed by atoms with Crippen LogP contribution in [-0.2, 0) is 4.74 Å². The molecule has 7 heteroatoms. The summed E-state index contributed by atoms with van der Waals surface area (Å²) in [5.74, 6) is 2.22. The van der Waals surface area contributed by atoms with Crippen LogP contribution in [0.4, 0.5) is 5.69 Å². The average molecular weight is 406 g/mol. The Kier molecular flexibility index (Phi) is 5.45. The molecule has 2 aromatic heterocycles. The van der Waals surface area contributed by atoms with Crippen LogP contribution in [0.3, 0.4) is 0 Å². The van der Waals surface area contributed by atoms with Crippen molar-refractivity contribution >= 4 is 16.6 Å². The molecule has 0 spiro atoms. The van der Waals surface area contributed by atoms with E-state index in [-0.39, 0.29) is 6.10 Å². The topological polar surface area (TPSA) is 73.3 Å². The van der Waals surface area contributed by atoms with Crippen molar-refractivity contribution in [2.24, 2.45) is 0 Å². The first-order valence-corrected chi connectivity index (χ1v) is 10.8. The molecule has 2 aliphatic rings. The molecule has 0 atom stereocenters. The van der Waals surface area contributed by atoms with Crippen LogP contribution in [0.15, 0.2) is 36.9 Å². The fourth-order valence-electron chi connectivity index (χ4n) is 4.50. The zero-order chi connectivity index (χ0) is 20.3. The van der Waals surface area contributed by atoms with Crippen molar-refractivity contribution in [2.75, 3.05) is 31.2 Å². The molecule has 1 aliphatic heterocycles. The molecule has 1 saturated heterocycles. The van der Waals surface area contributed by atoms with Gasteiger partial charge in [-0.2, -0.15) is 0 Å². The van der Waals surface area contributed by atoms with Gasteiger partial charge in [0, 0.05) is 48.8 Å². The van der Waals surface area contributed by atoms with Crippen molar-refractivity contribution in [3.63, 3.8) is 0 Å². The molecule has 1 saturated carbocycles. The van der Waals surface area contributed by atoms with Gasteiger partial charge in [0.2, 0.25) is 0 Å². The third-order valence-electron chi connectivity index (χ3n) is 6.13. The van der Waals surface area contributed by atoms with Gasteiger partial charge in [-0.1, -0.05) is 0 Å². The van der Waals surface area contributed by atoms with E-state index in [0.717, 1.165) is 85.8 Å². The number of aryl methyl sites for hydroxylation is 1. The number of ether oxygens (including phenoxy) is 2. The summed E-state index contributed by atoms with van der Waals surface area (Å²) in [4.78, 5) is 19.9. The van der Waals surface area contributed by atoms with E-state index < -0.39 is 0 Å². The van der Waals surface area contributed by atoms with Crippen LogP contribution in [0, 0.1) is 6.92 Å². The minimum absolute atomic E-state index is 0.201. The van der Waals surface area contributed by atoms with Gasteiger partial charge >= 0.3 is 0 Å². The third-order valence-corrected chi connectivity index (χ3v) is 6.13. The highest BCUT2D eigenvalue weighted by Crippen LogP contribution is 2.36. The normalized spacial score (nSPS) is 22.2. The molecule has 0 N–H and O–H groups in total. The van der Waals surface area contributed by atoms with E-state index in [1.54, 1.807) is 6.33 Å². The molecular formula is C23H27N5O2. The van der Waals surface area contributed by atoms with Gasteiger partial charge in [0.05, 0.1) is 30.2 Å². The van der Waals surface area contributed by atoms with Crippen LogP contribution < -0.4 is 9.64 Å². The van der Waals surface area contributed by atoms with E-state index in [1.807, 2.05) is 19.3 Å². The van der Waals surface area contributed by atoms with Crippen molar-refractivity contribution in [3.05, 3.63) is 48.4 Å². The van der Waals surface area contributed by atoms with Gasteiger partial charge in [-0.25, -0.2) is 19.9 Å². The first-order chi connectivity index (χ1) is 14.8. The van der Waals surface area contributed by atoms with Gasteiger partial charge in [-0.3, -0.25) is 0 Å². The largest absolute Gasteiger partial charge is 0.490 e. The van der Waals surface area contributed by atoms with Crippen LogP contribution >= 0.6 is 0 Å². The first-order valence-electron chi connectivity index (χ1n) is 10.8. The van der Waals surface area contributed by atoms with Crippen LogP contribution in [0.2, 0.25) is 0 Å². The Morgan fingerprint density at radius 2 is 1.90 bits per heavy atom. The number of rotatable bonds is 4. The van der Waals surface area contributed by atoms with E-state index in [4.69, 9.17) is 9.47 Å². The number of hydrogen-bond donors (Lipinski definition) is 0. The summed E-state index contributed by atoms with van der Waals surface area (Å²) in [5, 5.41) is 0.975. The molecule has 3 heterocycles. The Labute approximate surface area is 176 Å². The van der Waals surface area contributed by atoms with Gasteiger partial charge in [-0.05, 0) is 44.7 Å². The number of anilines is 1. The molecular weight excluding hydrogens is 378 g/mol. The molecule has 5 rings (SSSR count). The van der Waals surface area contributed by atoms with Crippen molar-refractivity contribution in [2.45, 2.75) is 44.6 Å². The molecule has 0 bridgehead atoms. The number of benzene rings is 1. The van der Waals surface area contributed by atoms with Crippen LogP contribution in [-0.4, -0.2) is 52.3 Å². The molecule has 156 valence electrons. The second-order valence-corrected chi connectivity index (χ2v) is 8.12. The Balaban J connectivity index is 1.33. The SMILES string of the molecule is Cc1nccc([C@H]2CC[C@H](Oc3cc(N4CCOCC4)cc4ncncc34)CC2)n1. The summed E-state index contributed by atoms with van der Waals surface area (Å²) in [6, 6.07) is 6.33. The molecule has 1 aromatic carbocycles. The number of aromatic nitrogens is 4. The summed E-state index contributed by atoms with van der Waals surface area (Å²) >= 11 is 0. The van der Waals surface area contributed by atoms with Crippen LogP contribution in [0.1, 0.15) is 43.1 Å². The Hall–Kier alpha value is -2.80. The number of fused-ring (bicyclic) bond motifs is 1. The zero-order valence-electron chi connectivity index (χ0n) is 17.3. The molecule has 3 aromatic rings. The molecule has 0 unspecified atom stereocenters. The van der Waals surface area contributed by atoms with E-state index in [2.05, 4.69) is 43.0 Å². The second-order valence-electron chi connectivity index (χ2n) is 8.12. The van der Waals surface area contributed by atoms with Crippen molar-refractivity contribution in [1.29, 1.82) is 0 Å². The van der Waals surface area contributed by atoms with E-state index >= 15 is 0 Å². The van der Waals surface area contributed by atoms with E-state index in [1.165, 1.54) is 0 Å². The fourth-order valence-corrected chi connectivity index (χ4v) is 4.50. The van der Waals surface area contributed by atoms with Gasteiger partial charge in [-0.15, -0.1) is 0 Å². The minimum Gasteiger partial charge on any atom is -0.490 e. The van der Waals surface area contributed by atoms with Crippen molar-refractivity contribution in [3.8, 4) is 5.75 Å². The maximum Gasteiger partial charge on any atom is 0.132 e. The summed E-state index contributed by atoms with van der Waals surface area (Å²) < 4.78 is 12.0. The fraction of sp³-hybridized carbons (Fsp3) is 0.478. The maximum absolute atomic E-state index is 6.54.